The maximum atomic E-state index is 12.3. The Hall–Kier alpha value is -1.33. The van der Waals surface area contributed by atoms with Crippen LogP contribution in [0.4, 0.5) is 0 Å². The Morgan fingerprint density at radius 3 is 2.67 bits per heavy atom. The Morgan fingerprint density at radius 2 is 2.14 bits per heavy atom. The van der Waals surface area contributed by atoms with Crippen LogP contribution in [0.1, 0.15) is 31.3 Å². The van der Waals surface area contributed by atoms with Crippen molar-refractivity contribution in [1.29, 1.82) is 0 Å². The van der Waals surface area contributed by atoms with Crippen molar-refractivity contribution in [3.8, 4) is 0 Å². The van der Waals surface area contributed by atoms with Gasteiger partial charge in [-0.15, -0.1) is 0 Å². The number of hydrogen-bond donors (Lipinski definition) is 1. The van der Waals surface area contributed by atoms with Crippen LogP contribution in [-0.4, -0.2) is 48.4 Å². The van der Waals surface area contributed by atoms with Crippen LogP contribution in [-0.2, 0) is 11.3 Å². The van der Waals surface area contributed by atoms with E-state index in [0.29, 0.717) is 19.0 Å². The molecule has 1 aliphatic rings. The lowest BCUT2D eigenvalue weighted by molar-refractivity contribution is -0.132. The molecule has 1 unspecified atom stereocenters. The first-order valence-electron chi connectivity index (χ1n) is 7.73. The number of rotatable bonds is 5. The number of likely N-dealkylation sites (tertiary alicyclic amines) is 1. The average Bonchev–Trinajstić information content (AvgIpc) is 2.84. The lowest BCUT2D eigenvalue weighted by Gasteiger charge is -2.33. The Kier molecular flexibility index (Phi) is 5.42. The Morgan fingerprint density at radius 1 is 1.48 bits per heavy atom. The van der Waals surface area contributed by atoms with E-state index < -0.39 is 0 Å². The van der Waals surface area contributed by atoms with Crippen LogP contribution >= 0.6 is 0 Å². The SMILES string of the molecule is Cc1ccc(CN(C)C(=O)CN2CCC(C(C)N)CC2)o1. The number of carbonyl (C=O) groups is 1. The van der Waals surface area contributed by atoms with Crippen LogP contribution < -0.4 is 5.73 Å². The van der Waals surface area contributed by atoms with Gasteiger partial charge in [-0.3, -0.25) is 9.69 Å². The van der Waals surface area contributed by atoms with Crippen molar-refractivity contribution in [2.75, 3.05) is 26.7 Å². The molecule has 1 amide bonds. The predicted octanol–water partition coefficient (Wildman–Crippen LogP) is 1.61. The number of nitrogens with zero attached hydrogens (tertiary/aromatic N) is 2. The van der Waals surface area contributed by atoms with E-state index >= 15 is 0 Å². The third kappa shape index (κ3) is 4.58. The fourth-order valence-corrected chi connectivity index (χ4v) is 2.84. The summed E-state index contributed by atoms with van der Waals surface area (Å²) in [5, 5.41) is 0. The van der Waals surface area contributed by atoms with Crippen molar-refractivity contribution in [2.45, 2.75) is 39.3 Å². The van der Waals surface area contributed by atoms with E-state index in [1.54, 1.807) is 4.90 Å². The molecule has 1 aromatic heterocycles. The average molecular weight is 293 g/mol. The molecule has 2 heterocycles. The standard InChI is InChI=1S/C16H27N3O2/c1-12-4-5-15(21-12)10-18(3)16(20)11-19-8-6-14(7-9-19)13(2)17/h4-5,13-14H,6-11,17H2,1-3H3. The van der Waals surface area contributed by atoms with E-state index in [2.05, 4.69) is 11.8 Å². The summed E-state index contributed by atoms with van der Waals surface area (Å²) < 4.78 is 5.51. The van der Waals surface area contributed by atoms with Crippen molar-refractivity contribution in [2.24, 2.45) is 11.7 Å². The zero-order valence-electron chi connectivity index (χ0n) is 13.3. The number of carbonyl (C=O) groups excluding carboxylic acids is 1. The van der Waals surface area contributed by atoms with E-state index in [1.165, 1.54) is 0 Å². The highest BCUT2D eigenvalue weighted by molar-refractivity contribution is 5.77. The highest BCUT2D eigenvalue weighted by atomic mass is 16.3. The van der Waals surface area contributed by atoms with Crippen molar-refractivity contribution in [3.05, 3.63) is 23.7 Å². The number of furan rings is 1. The molecule has 0 spiro atoms. The van der Waals surface area contributed by atoms with Gasteiger partial charge in [-0.2, -0.15) is 0 Å². The zero-order chi connectivity index (χ0) is 15.4. The Balaban J connectivity index is 1.76. The third-order valence-corrected chi connectivity index (χ3v) is 4.35. The number of likely N-dealkylation sites (N-methyl/N-ethyl adjacent to an activating group) is 1. The highest BCUT2D eigenvalue weighted by Crippen LogP contribution is 2.19. The first-order valence-corrected chi connectivity index (χ1v) is 7.73. The van der Waals surface area contributed by atoms with Crippen LogP contribution in [0.5, 0.6) is 0 Å². The van der Waals surface area contributed by atoms with Crippen LogP contribution in [0, 0.1) is 12.8 Å². The zero-order valence-corrected chi connectivity index (χ0v) is 13.3. The molecule has 2 rings (SSSR count). The van der Waals surface area contributed by atoms with Crippen LogP contribution in [0.25, 0.3) is 0 Å². The fraction of sp³-hybridized carbons (Fsp3) is 0.688. The first-order chi connectivity index (χ1) is 9.95. The lowest BCUT2D eigenvalue weighted by atomic mass is 9.91. The normalized spacial score (nSPS) is 18.7. The summed E-state index contributed by atoms with van der Waals surface area (Å²) in [6.45, 7) is 6.93. The van der Waals surface area contributed by atoms with Gasteiger partial charge >= 0.3 is 0 Å². The van der Waals surface area contributed by atoms with Crippen LogP contribution in [0.3, 0.4) is 0 Å². The Bertz CT molecular complexity index is 462. The second-order valence-electron chi connectivity index (χ2n) is 6.23. The molecule has 5 nitrogen and oxygen atoms in total. The van der Waals surface area contributed by atoms with Gasteiger partial charge < -0.3 is 15.1 Å². The van der Waals surface area contributed by atoms with Crippen LogP contribution in [0.15, 0.2) is 16.5 Å². The maximum Gasteiger partial charge on any atom is 0.236 e. The van der Waals surface area contributed by atoms with Gasteiger partial charge in [-0.25, -0.2) is 0 Å². The van der Waals surface area contributed by atoms with Gasteiger partial charge in [0.1, 0.15) is 11.5 Å². The number of amides is 1. The number of aryl methyl sites for hydroxylation is 1. The minimum atomic E-state index is 0.142. The van der Waals surface area contributed by atoms with Gasteiger partial charge in [0, 0.05) is 13.1 Å². The molecule has 118 valence electrons. The topological polar surface area (TPSA) is 62.7 Å². The second kappa shape index (κ2) is 7.09. The fourth-order valence-electron chi connectivity index (χ4n) is 2.84. The van der Waals surface area contributed by atoms with E-state index in [9.17, 15) is 4.79 Å². The molecule has 0 aliphatic carbocycles. The molecule has 2 N–H and O–H groups in total. The molecule has 1 saturated heterocycles. The summed E-state index contributed by atoms with van der Waals surface area (Å²) in [5.41, 5.74) is 5.95. The summed E-state index contributed by atoms with van der Waals surface area (Å²) in [4.78, 5) is 16.2. The summed E-state index contributed by atoms with van der Waals surface area (Å²) in [7, 11) is 1.83. The van der Waals surface area contributed by atoms with Crippen molar-refractivity contribution >= 4 is 5.91 Å². The van der Waals surface area contributed by atoms with E-state index in [1.807, 2.05) is 26.1 Å². The molecule has 1 fully saturated rings. The van der Waals surface area contributed by atoms with E-state index in [4.69, 9.17) is 10.2 Å². The smallest absolute Gasteiger partial charge is 0.236 e. The van der Waals surface area contributed by atoms with Gasteiger partial charge in [-0.05, 0) is 57.8 Å². The van der Waals surface area contributed by atoms with Gasteiger partial charge in [0.05, 0.1) is 13.1 Å². The highest BCUT2D eigenvalue weighted by Gasteiger charge is 2.24. The molecule has 1 aliphatic heterocycles. The number of nitrogens with two attached hydrogens (primary N) is 1. The molecular formula is C16H27N3O2. The lowest BCUT2D eigenvalue weighted by Crippen LogP contribution is -2.44. The largest absolute Gasteiger partial charge is 0.464 e. The van der Waals surface area contributed by atoms with E-state index in [0.717, 1.165) is 37.5 Å². The van der Waals surface area contributed by atoms with Crippen molar-refractivity contribution < 1.29 is 9.21 Å². The molecular weight excluding hydrogens is 266 g/mol. The van der Waals surface area contributed by atoms with Crippen molar-refractivity contribution in [1.82, 2.24) is 9.80 Å². The van der Waals surface area contributed by atoms with Gasteiger partial charge in [0.25, 0.3) is 0 Å². The first kappa shape index (κ1) is 16.0. The molecule has 0 saturated carbocycles. The number of piperidine rings is 1. The second-order valence-corrected chi connectivity index (χ2v) is 6.23. The quantitative estimate of drug-likeness (QED) is 0.896. The monoisotopic (exact) mass is 293 g/mol. The molecule has 0 radical (unpaired) electrons. The minimum Gasteiger partial charge on any atom is -0.464 e. The minimum absolute atomic E-state index is 0.142. The molecule has 1 aromatic rings. The van der Waals surface area contributed by atoms with E-state index in [-0.39, 0.29) is 11.9 Å². The third-order valence-electron chi connectivity index (χ3n) is 4.35. The number of hydrogen-bond acceptors (Lipinski definition) is 4. The molecule has 21 heavy (non-hydrogen) atoms. The molecule has 5 heteroatoms. The predicted molar refractivity (Wildman–Crippen MR) is 82.7 cm³/mol. The summed E-state index contributed by atoms with van der Waals surface area (Å²) in [5.74, 6) is 2.45. The summed E-state index contributed by atoms with van der Waals surface area (Å²) in [6, 6.07) is 4.10. The Labute approximate surface area is 127 Å². The van der Waals surface area contributed by atoms with Gasteiger partial charge in [-0.1, -0.05) is 0 Å². The van der Waals surface area contributed by atoms with Gasteiger partial charge in [0.15, 0.2) is 0 Å². The van der Waals surface area contributed by atoms with Crippen LogP contribution in [0.2, 0.25) is 0 Å². The molecule has 0 aromatic carbocycles. The van der Waals surface area contributed by atoms with Crippen molar-refractivity contribution in [3.63, 3.8) is 0 Å². The summed E-state index contributed by atoms with van der Waals surface area (Å²) in [6.07, 6.45) is 2.18. The molecule has 1 atom stereocenters. The van der Waals surface area contributed by atoms with Gasteiger partial charge in [0.2, 0.25) is 5.91 Å². The summed E-state index contributed by atoms with van der Waals surface area (Å²) >= 11 is 0. The maximum absolute atomic E-state index is 12.3. The molecule has 0 bridgehead atoms.